The lowest BCUT2D eigenvalue weighted by Gasteiger charge is -2.08. The van der Waals surface area contributed by atoms with E-state index < -0.39 is 23.5 Å². The highest BCUT2D eigenvalue weighted by atomic mass is 127. The Kier molecular flexibility index (Phi) is 4.12. The van der Waals surface area contributed by atoms with E-state index in [1.807, 2.05) is 0 Å². The minimum Gasteiger partial charge on any atom is -0.465 e. The van der Waals surface area contributed by atoms with Gasteiger partial charge >= 0.3 is 5.97 Å². The van der Waals surface area contributed by atoms with Gasteiger partial charge in [0, 0.05) is 5.56 Å². The Morgan fingerprint density at radius 2 is 2.31 bits per heavy atom. The van der Waals surface area contributed by atoms with Gasteiger partial charge in [-0.15, -0.1) is 0 Å². The van der Waals surface area contributed by atoms with Crippen molar-refractivity contribution in [3.63, 3.8) is 0 Å². The highest BCUT2D eigenvalue weighted by molar-refractivity contribution is 14.1. The molecule has 0 spiro atoms. The maximum Gasteiger partial charge on any atom is 0.341 e. The van der Waals surface area contributed by atoms with E-state index in [-0.39, 0.29) is 9.39 Å². The van der Waals surface area contributed by atoms with Crippen molar-refractivity contribution in [3.05, 3.63) is 26.6 Å². The Bertz CT molecular complexity index is 471. The molecule has 1 aromatic heterocycles. The lowest BCUT2D eigenvalue weighted by Crippen LogP contribution is -2.11. The number of carbonyl (C=O) groups excluding carboxylic acids is 1. The number of hydrogen-bond acceptors (Lipinski definition) is 4. The first-order valence-corrected chi connectivity index (χ1v) is 5.06. The third-order valence-electron chi connectivity index (χ3n) is 1.75. The zero-order chi connectivity index (χ0) is 12.3. The minimum absolute atomic E-state index is 0.220. The average molecular weight is 338 g/mol. The molecule has 0 bridgehead atoms. The number of alkyl halides is 2. The molecule has 0 aliphatic rings. The number of rotatable bonds is 2. The molecule has 0 aromatic carbocycles. The number of hydrogen-bond donors (Lipinski definition) is 0. The lowest BCUT2D eigenvalue weighted by molar-refractivity contribution is 0.0588. The summed E-state index contributed by atoms with van der Waals surface area (Å²) in [6.07, 6.45) is -2.86. The summed E-state index contributed by atoms with van der Waals surface area (Å²) in [6, 6.07) is 2.65. The van der Waals surface area contributed by atoms with Crippen LogP contribution in [0.15, 0.2) is 6.07 Å². The first kappa shape index (κ1) is 12.8. The van der Waals surface area contributed by atoms with E-state index in [1.165, 1.54) is 0 Å². The number of pyridine rings is 1. The fourth-order valence-electron chi connectivity index (χ4n) is 1.10. The van der Waals surface area contributed by atoms with Crippen molar-refractivity contribution in [3.8, 4) is 6.07 Å². The Morgan fingerprint density at radius 3 is 2.75 bits per heavy atom. The number of halogens is 3. The van der Waals surface area contributed by atoms with Gasteiger partial charge in [-0.2, -0.15) is 5.26 Å². The Labute approximate surface area is 103 Å². The number of methoxy groups -OCH3 is 1. The summed E-state index contributed by atoms with van der Waals surface area (Å²) in [5.74, 6) is -0.990. The molecular weight excluding hydrogens is 333 g/mol. The molecule has 7 heteroatoms. The summed E-state index contributed by atoms with van der Waals surface area (Å²) in [4.78, 5) is 15.0. The maximum atomic E-state index is 12.7. The van der Waals surface area contributed by atoms with Gasteiger partial charge < -0.3 is 4.74 Å². The van der Waals surface area contributed by atoms with E-state index in [1.54, 1.807) is 28.7 Å². The van der Waals surface area contributed by atoms with E-state index in [2.05, 4.69) is 9.72 Å². The number of esters is 1. The van der Waals surface area contributed by atoms with Crippen LogP contribution in [-0.4, -0.2) is 18.1 Å². The SMILES string of the molecule is COC(=O)c1c(C(F)F)cc(I)nc1C#N. The summed E-state index contributed by atoms with van der Waals surface area (Å²) in [5, 5.41) is 8.72. The molecule has 1 rings (SSSR count). The van der Waals surface area contributed by atoms with Crippen LogP contribution in [0.3, 0.4) is 0 Å². The van der Waals surface area contributed by atoms with Crippen LogP contribution in [0.4, 0.5) is 8.78 Å². The fourth-order valence-corrected chi connectivity index (χ4v) is 1.68. The zero-order valence-electron chi connectivity index (χ0n) is 8.00. The van der Waals surface area contributed by atoms with Crippen LogP contribution in [0.2, 0.25) is 0 Å². The smallest absolute Gasteiger partial charge is 0.341 e. The Morgan fingerprint density at radius 1 is 1.69 bits per heavy atom. The van der Waals surface area contributed by atoms with Crippen LogP contribution in [0, 0.1) is 15.0 Å². The quantitative estimate of drug-likeness (QED) is 0.472. The molecule has 0 aliphatic carbocycles. The summed E-state index contributed by atoms with van der Waals surface area (Å²) in [7, 11) is 1.05. The van der Waals surface area contributed by atoms with Gasteiger partial charge in [-0.1, -0.05) is 0 Å². The molecule has 0 radical (unpaired) electrons. The Hall–Kier alpha value is -1.30. The first-order valence-electron chi connectivity index (χ1n) is 3.98. The Balaban J connectivity index is 3.53. The van der Waals surface area contributed by atoms with Crippen LogP contribution < -0.4 is 0 Å². The summed E-state index contributed by atoms with van der Waals surface area (Å²) < 4.78 is 29.9. The molecule has 16 heavy (non-hydrogen) atoms. The van der Waals surface area contributed by atoms with Crippen LogP contribution in [0.5, 0.6) is 0 Å². The van der Waals surface area contributed by atoms with Crippen LogP contribution in [0.25, 0.3) is 0 Å². The van der Waals surface area contributed by atoms with Crippen molar-refractivity contribution < 1.29 is 18.3 Å². The molecule has 1 aromatic rings. The van der Waals surface area contributed by atoms with Crippen molar-refractivity contribution in [2.75, 3.05) is 7.11 Å². The second-order valence-corrected chi connectivity index (χ2v) is 3.77. The number of ether oxygens (including phenoxy) is 1. The first-order chi connectivity index (χ1) is 7.51. The van der Waals surface area contributed by atoms with Crippen molar-refractivity contribution in [2.24, 2.45) is 0 Å². The van der Waals surface area contributed by atoms with E-state index in [0.29, 0.717) is 0 Å². The molecule has 84 valence electrons. The molecule has 0 saturated heterocycles. The third kappa shape index (κ3) is 2.44. The molecular formula is C9H5F2IN2O2. The predicted octanol–water partition coefficient (Wildman–Crippen LogP) is 2.28. The standard InChI is InChI=1S/C9H5F2IN2O2/c1-16-9(15)7-4(8(10)11)2-6(12)14-5(7)3-13/h2,8H,1H3. The molecule has 0 fully saturated rings. The lowest BCUT2D eigenvalue weighted by atomic mass is 10.1. The zero-order valence-corrected chi connectivity index (χ0v) is 10.2. The summed E-state index contributed by atoms with van der Waals surface area (Å²) in [6.45, 7) is 0. The summed E-state index contributed by atoms with van der Waals surface area (Å²) in [5.41, 5.74) is -1.36. The largest absolute Gasteiger partial charge is 0.465 e. The van der Waals surface area contributed by atoms with Crippen LogP contribution >= 0.6 is 22.6 Å². The topological polar surface area (TPSA) is 63.0 Å². The van der Waals surface area contributed by atoms with Crippen LogP contribution in [0.1, 0.15) is 28.0 Å². The molecule has 0 saturated carbocycles. The van der Waals surface area contributed by atoms with E-state index in [0.717, 1.165) is 13.2 Å². The van der Waals surface area contributed by atoms with Gasteiger partial charge in [0.2, 0.25) is 0 Å². The van der Waals surface area contributed by atoms with Crippen molar-refractivity contribution >= 4 is 28.6 Å². The number of nitrogens with zero attached hydrogens (tertiary/aromatic N) is 2. The molecule has 0 unspecified atom stereocenters. The normalized spacial score (nSPS) is 10.0. The number of aromatic nitrogens is 1. The van der Waals surface area contributed by atoms with Crippen molar-refractivity contribution in [1.29, 1.82) is 5.26 Å². The van der Waals surface area contributed by atoms with Crippen molar-refractivity contribution in [1.82, 2.24) is 4.98 Å². The molecule has 4 nitrogen and oxygen atoms in total. The highest BCUT2D eigenvalue weighted by Crippen LogP contribution is 2.26. The second-order valence-electron chi connectivity index (χ2n) is 2.66. The molecule has 0 atom stereocenters. The van der Waals surface area contributed by atoms with Gasteiger partial charge in [0.1, 0.15) is 15.3 Å². The van der Waals surface area contributed by atoms with Crippen LogP contribution in [-0.2, 0) is 4.74 Å². The van der Waals surface area contributed by atoms with Gasteiger partial charge in [-0.3, -0.25) is 0 Å². The van der Waals surface area contributed by atoms with Gasteiger partial charge in [-0.25, -0.2) is 18.6 Å². The maximum absolute atomic E-state index is 12.7. The van der Waals surface area contributed by atoms with Gasteiger partial charge in [0.05, 0.1) is 7.11 Å². The van der Waals surface area contributed by atoms with E-state index in [4.69, 9.17) is 5.26 Å². The number of carbonyl (C=O) groups is 1. The van der Waals surface area contributed by atoms with Gasteiger partial charge in [0.25, 0.3) is 6.43 Å². The molecule has 0 aliphatic heterocycles. The third-order valence-corrected chi connectivity index (χ3v) is 2.30. The van der Waals surface area contributed by atoms with Gasteiger partial charge in [0.15, 0.2) is 5.69 Å². The average Bonchev–Trinajstić information content (AvgIpc) is 2.26. The highest BCUT2D eigenvalue weighted by Gasteiger charge is 2.24. The fraction of sp³-hybridized carbons (Fsp3) is 0.222. The van der Waals surface area contributed by atoms with Gasteiger partial charge in [-0.05, 0) is 28.7 Å². The number of nitriles is 1. The molecule has 0 N–H and O–H groups in total. The summed E-state index contributed by atoms with van der Waals surface area (Å²) >= 11 is 1.69. The second kappa shape index (κ2) is 5.16. The monoisotopic (exact) mass is 338 g/mol. The molecule has 0 amide bonds. The van der Waals surface area contributed by atoms with Crippen molar-refractivity contribution in [2.45, 2.75) is 6.43 Å². The minimum atomic E-state index is -2.86. The van der Waals surface area contributed by atoms with E-state index in [9.17, 15) is 13.6 Å². The van der Waals surface area contributed by atoms with E-state index >= 15 is 0 Å². The predicted molar refractivity (Wildman–Crippen MR) is 58.0 cm³/mol. The molecule has 1 heterocycles.